The minimum absolute atomic E-state index is 0.282. The quantitative estimate of drug-likeness (QED) is 0.399. The number of nitrogens with one attached hydrogen (secondary N) is 1. The largest absolute Gasteiger partial charge is 0.345 e. The lowest BCUT2D eigenvalue weighted by Crippen LogP contribution is -2.42. The van der Waals surface area contributed by atoms with E-state index in [1.165, 1.54) is 0 Å². The van der Waals surface area contributed by atoms with E-state index in [1.54, 1.807) is 24.5 Å². The first kappa shape index (κ1) is 21.9. The molecule has 0 bridgehead atoms. The van der Waals surface area contributed by atoms with Crippen molar-refractivity contribution >= 4 is 45.7 Å². The SMILES string of the molecule is CCN(Cc1ccncc1)C(=S)NC(=O)c1cc(-c2ccccc2Cl)nc2ccccc12. The van der Waals surface area contributed by atoms with Crippen LogP contribution in [0.1, 0.15) is 22.8 Å². The van der Waals surface area contributed by atoms with Gasteiger partial charge in [-0.1, -0.05) is 48.0 Å². The first-order valence-corrected chi connectivity index (χ1v) is 11.0. The third kappa shape index (κ3) is 4.77. The van der Waals surface area contributed by atoms with E-state index in [9.17, 15) is 4.79 Å². The number of rotatable bonds is 5. The topological polar surface area (TPSA) is 58.1 Å². The minimum atomic E-state index is -0.282. The Morgan fingerprint density at radius 2 is 1.78 bits per heavy atom. The van der Waals surface area contributed by atoms with Crippen LogP contribution in [0.25, 0.3) is 22.2 Å². The van der Waals surface area contributed by atoms with E-state index in [2.05, 4.69) is 10.3 Å². The molecular formula is C25H21ClN4OS. The molecular weight excluding hydrogens is 440 g/mol. The van der Waals surface area contributed by atoms with Crippen LogP contribution in [0.3, 0.4) is 0 Å². The van der Waals surface area contributed by atoms with Crippen LogP contribution in [0.2, 0.25) is 5.02 Å². The van der Waals surface area contributed by atoms with Gasteiger partial charge < -0.3 is 4.90 Å². The summed E-state index contributed by atoms with van der Waals surface area (Å²) in [6.45, 7) is 3.24. The second-order valence-corrected chi connectivity index (χ2v) is 7.97. The molecule has 4 aromatic rings. The van der Waals surface area contributed by atoms with Gasteiger partial charge in [-0.25, -0.2) is 4.98 Å². The molecule has 0 saturated carbocycles. The number of carbonyl (C=O) groups is 1. The van der Waals surface area contributed by atoms with Gasteiger partial charge in [0.15, 0.2) is 5.11 Å². The van der Waals surface area contributed by atoms with E-state index in [1.807, 2.05) is 66.4 Å². The molecule has 0 aliphatic heterocycles. The molecule has 2 aromatic heterocycles. The number of amides is 1. The fourth-order valence-corrected chi connectivity index (χ4v) is 3.97. The molecule has 0 unspecified atom stereocenters. The Labute approximate surface area is 197 Å². The third-order valence-electron chi connectivity index (χ3n) is 5.12. The highest BCUT2D eigenvalue weighted by molar-refractivity contribution is 7.80. The molecule has 0 radical (unpaired) electrons. The maximum Gasteiger partial charge on any atom is 0.258 e. The maximum atomic E-state index is 13.3. The fraction of sp³-hybridized carbons (Fsp3) is 0.120. The van der Waals surface area contributed by atoms with Crippen molar-refractivity contribution in [1.29, 1.82) is 0 Å². The zero-order chi connectivity index (χ0) is 22.5. The number of fused-ring (bicyclic) bond motifs is 1. The highest BCUT2D eigenvalue weighted by Gasteiger charge is 2.18. The molecule has 4 rings (SSSR count). The third-order valence-corrected chi connectivity index (χ3v) is 5.81. The summed E-state index contributed by atoms with van der Waals surface area (Å²) in [4.78, 5) is 24.0. The van der Waals surface area contributed by atoms with Crippen molar-refractivity contribution in [2.24, 2.45) is 0 Å². The van der Waals surface area contributed by atoms with Gasteiger partial charge >= 0.3 is 0 Å². The van der Waals surface area contributed by atoms with E-state index in [-0.39, 0.29) is 5.91 Å². The second kappa shape index (κ2) is 9.85. The van der Waals surface area contributed by atoms with Gasteiger partial charge in [0.1, 0.15) is 0 Å². The Bertz CT molecular complexity index is 1280. The van der Waals surface area contributed by atoms with Gasteiger partial charge in [0.2, 0.25) is 0 Å². The van der Waals surface area contributed by atoms with E-state index < -0.39 is 0 Å². The van der Waals surface area contributed by atoms with Crippen molar-refractivity contribution in [2.45, 2.75) is 13.5 Å². The number of aromatic nitrogens is 2. The first-order valence-electron chi connectivity index (χ1n) is 10.2. The Morgan fingerprint density at radius 3 is 2.53 bits per heavy atom. The summed E-state index contributed by atoms with van der Waals surface area (Å²) in [6, 6.07) is 20.6. The molecule has 2 aromatic carbocycles. The molecule has 7 heteroatoms. The Kier molecular flexibility index (Phi) is 6.73. The van der Waals surface area contributed by atoms with E-state index >= 15 is 0 Å². The summed E-state index contributed by atoms with van der Waals surface area (Å²) in [5.74, 6) is -0.282. The van der Waals surface area contributed by atoms with Crippen LogP contribution in [-0.2, 0) is 6.54 Å². The number of hydrogen-bond acceptors (Lipinski definition) is 4. The van der Waals surface area contributed by atoms with E-state index in [4.69, 9.17) is 28.8 Å². The molecule has 5 nitrogen and oxygen atoms in total. The Balaban J connectivity index is 1.65. The normalized spacial score (nSPS) is 10.7. The van der Waals surface area contributed by atoms with Crippen LogP contribution in [0, 0.1) is 0 Å². The van der Waals surface area contributed by atoms with Gasteiger partial charge in [-0.2, -0.15) is 0 Å². The van der Waals surface area contributed by atoms with E-state index in [0.717, 1.165) is 16.5 Å². The lowest BCUT2D eigenvalue weighted by atomic mass is 10.0. The zero-order valence-corrected chi connectivity index (χ0v) is 19.0. The van der Waals surface area contributed by atoms with Crippen LogP contribution in [0.5, 0.6) is 0 Å². The number of pyridine rings is 2. The van der Waals surface area contributed by atoms with Crippen molar-refractivity contribution < 1.29 is 4.79 Å². The number of thiocarbonyl (C=S) groups is 1. The van der Waals surface area contributed by atoms with Crippen LogP contribution < -0.4 is 5.32 Å². The summed E-state index contributed by atoms with van der Waals surface area (Å²) < 4.78 is 0. The van der Waals surface area contributed by atoms with Crippen molar-refractivity contribution in [3.8, 4) is 11.3 Å². The number of hydrogen-bond donors (Lipinski definition) is 1. The lowest BCUT2D eigenvalue weighted by molar-refractivity contribution is 0.0974. The van der Waals surface area contributed by atoms with Crippen LogP contribution in [0.15, 0.2) is 79.1 Å². The number of para-hydroxylation sites is 1. The van der Waals surface area contributed by atoms with Gasteiger partial charge in [-0.3, -0.25) is 15.1 Å². The molecule has 0 fully saturated rings. The number of nitrogens with zero attached hydrogens (tertiary/aromatic N) is 3. The molecule has 2 heterocycles. The first-order chi connectivity index (χ1) is 15.6. The Hall–Kier alpha value is -3.35. The molecule has 0 spiro atoms. The molecule has 32 heavy (non-hydrogen) atoms. The molecule has 1 amide bonds. The van der Waals surface area contributed by atoms with Crippen molar-refractivity contribution in [3.05, 3.63) is 95.3 Å². The second-order valence-electron chi connectivity index (χ2n) is 7.18. The molecule has 0 atom stereocenters. The van der Waals surface area contributed by atoms with Crippen LogP contribution in [-0.4, -0.2) is 32.4 Å². The van der Waals surface area contributed by atoms with Crippen LogP contribution in [0.4, 0.5) is 0 Å². The average Bonchev–Trinajstić information content (AvgIpc) is 2.82. The van der Waals surface area contributed by atoms with Gasteiger partial charge in [-0.05, 0) is 55.0 Å². The predicted octanol–water partition coefficient (Wildman–Crippen LogP) is 5.49. The predicted molar refractivity (Wildman–Crippen MR) is 133 cm³/mol. The smallest absolute Gasteiger partial charge is 0.258 e. The summed E-state index contributed by atoms with van der Waals surface area (Å²) in [7, 11) is 0. The Morgan fingerprint density at radius 1 is 1.06 bits per heavy atom. The van der Waals surface area contributed by atoms with Crippen LogP contribution >= 0.6 is 23.8 Å². The summed E-state index contributed by atoms with van der Waals surface area (Å²) in [6.07, 6.45) is 3.48. The van der Waals surface area contributed by atoms with Gasteiger partial charge in [0.05, 0.1) is 16.8 Å². The highest BCUT2D eigenvalue weighted by atomic mass is 35.5. The number of benzene rings is 2. The highest BCUT2D eigenvalue weighted by Crippen LogP contribution is 2.29. The molecule has 0 aliphatic carbocycles. The molecule has 160 valence electrons. The van der Waals surface area contributed by atoms with Gasteiger partial charge in [0, 0.05) is 41.5 Å². The summed E-state index contributed by atoms with van der Waals surface area (Å²) in [5, 5.41) is 4.59. The zero-order valence-electron chi connectivity index (χ0n) is 17.5. The summed E-state index contributed by atoms with van der Waals surface area (Å²) in [5.41, 5.74) is 3.67. The molecule has 0 aliphatic rings. The van der Waals surface area contributed by atoms with Crippen molar-refractivity contribution in [3.63, 3.8) is 0 Å². The van der Waals surface area contributed by atoms with E-state index in [0.29, 0.717) is 40.0 Å². The monoisotopic (exact) mass is 460 g/mol. The molecule has 1 N–H and O–H groups in total. The van der Waals surface area contributed by atoms with Gasteiger partial charge in [0.25, 0.3) is 5.91 Å². The number of carbonyl (C=O) groups excluding carboxylic acids is 1. The fourth-order valence-electron chi connectivity index (χ4n) is 3.45. The van der Waals surface area contributed by atoms with Crippen molar-refractivity contribution in [2.75, 3.05) is 6.54 Å². The maximum absolute atomic E-state index is 13.3. The molecule has 0 saturated heterocycles. The number of halogens is 1. The van der Waals surface area contributed by atoms with Gasteiger partial charge in [-0.15, -0.1) is 0 Å². The van der Waals surface area contributed by atoms with Crippen molar-refractivity contribution in [1.82, 2.24) is 20.2 Å². The minimum Gasteiger partial charge on any atom is -0.345 e. The standard InChI is InChI=1S/C25H21ClN4OS/c1-2-30(16-17-11-13-27-14-12-17)25(32)29-24(31)20-15-23(19-8-3-5-9-21(19)26)28-22-10-6-4-7-18(20)22/h3-15H,2,16H2,1H3,(H,29,31,32). The lowest BCUT2D eigenvalue weighted by Gasteiger charge is -2.24. The summed E-state index contributed by atoms with van der Waals surface area (Å²) >= 11 is 12.0. The average molecular weight is 461 g/mol.